The molecule has 1 unspecified atom stereocenters. The molecule has 2 rings (SSSR count). The summed E-state index contributed by atoms with van der Waals surface area (Å²) in [6.45, 7) is 9.01. The van der Waals surface area contributed by atoms with Crippen LogP contribution in [-0.2, 0) is 14.3 Å². The van der Waals surface area contributed by atoms with Crippen molar-refractivity contribution in [3.05, 3.63) is 23.8 Å². The Kier molecular flexibility index (Phi) is 6.40. The van der Waals surface area contributed by atoms with E-state index < -0.39 is 12.1 Å². The molecule has 1 aliphatic rings. The molecule has 0 radical (unpaired) electrons. The van der Waals surface area contributed by atoms with E-state index >= 15 is 0 Å². The van der Waals surface area contributed by atoms with Crippen LogP contribution in [0.3, 0.4) is 0 Å². The molecule has 0 saturated heterocycles. The highest BCUT2D eigenvalue weighted by molar-refractivity contribution is 6.05. The van der Waals surface area contributed by atoms with Gasteiger partial charge in [0.1, 0.15) is 12.3 Å². The largest absolute Gasteiger partial charge is 0.478 e. The number of amides is 1. The summed E-state index contributed by atoms with van der Waals surface area (Å²) >= 11 is 0. The molecule has 1 heterocycles. The fourth-order valence-electron chi connectivity index (χ4n) is 2.85. The molecule has 0 fully saturated rings. The summed E-state index contributed by atoms with van der Waals surface area (Å²) in [6, 6.07) is 5.03. The molecular formula is C20H27NO5. The lowest BCUT2D eigenvalue weighted by Crippen LogP contribution is -2.50. The fraction of sp³-hybridized carbons (Fsp3) is 0.550. The number of carbonyl (C=O) groups excluding carboxylic acids is 3. The molecule has 1 atom stereocenters. The maximum Gasteiger partial charge on any atom is 0.326 e. The highest BCUT2D eigenvalue weighted by Crippen LogP contribution is 2.36. The number of ketones is 1. The summed E-state index contributed by atoms with van der Waals surface area (Å²) in [4.78, 5) is 38.6. The minimum atomic E-state index is -0.674. The van der Waals surface area contributed by atoms with Crippen LogP contribution in [0.5, 0.6) is 5.75 Å². The van der Waals surface area contributed by atoms with Crippen molar-refractivity contribution < 1.29 is 23.9 Å². The van der Waals surface area contributed by atoms with E-state index in [9.17, 15) is 14.4 Å². The second-order valence-electron chi connectivity index (χ2n) is 7.10. The molecule has 1 aromatic carbocycles. The van der Waals surface area contributed by atoms with Crippen molar-refractivity contribution in [3.63, 3.8) is 0 Å². The first-order chi connectivity index (χ1) is 12.2. The van der Waals surface area contributed by atoms with Gasteiger partial charge in [0.15, 0.2) is 11.9 Å². The van der Waals surface area contributed by atoms with Gasteiger partial charge in [-0.15, -0.1) is 0 Å². The van der Waals surface area contributed by atoms with Gasteiger partial charge < -0.3 is 9.47 Å². The standard InChI is InChI=1S/C20H27NO5/c1-6-7-16(22)14-8-9-17-15(10-14)21(11-18(23)25-13(4)5)20(24)19(26-17)12(2)3/h8-10,12-13,19H,6-7,11H2,1-5H3. The second kappa shape index (κ2) is 8.34. The zero-order valence-corrected chi connectivity index (χ0v) is 16.1. The molecule has 1 amide bonds. The van der Waals surface area contributed by atoms with Crippen LogP contribution in [0.15, 0.2) is 18.2 Å². The summed E-state index contributed by atoms with van der Waals surface area (Å²) in [5.74, 6) is -0.352. The number of ether oxygens (including phenoxy) is 2. The van der Waals surface area contributed by atoms with E-state index in [0.717, 1.165) is 6.42 Å². The third-order valence-electron chi connectivity index (χ3n) is 4.07. The van der Waals surface area contributed by atoms with Crippen LogP contribution in [0.4, 0.5) is 5.69 Å². The Morgan fingerprint density at radius 1 is 1.23 bits per heavy atom. The molecule has 0 bridgehead atoms. The SMILES string of the molecule is CCCC(=O)c1ccc2c(c1)N(CC(=O)OC(C)C)C(=O)C(C(C)C)O2. The minimum Gasteiger partial charge on any atom is -0.478 e. The lowest BCUT2D eigenvalue weighted by atomic mass is 10.0. The molecule has 1 aliphatic heterocycles. The van der Waals surface area contributed by atoms with E-state index in [1.165, 1.54) is 4.90 Å². The predicted octanol–water partition coefficient (Wildman–Crippen LogP) is 3.37. The molecule has 0 aliphatic carbocycles. The van der Waals surface area contributed by atoms with Crippen molar-refractivity contribution >= 4 is 23.3 Å². The van der Waals surface area contributed by atoms with Gasteiger partial charge in [-0.3, -0.25) is 19.3 Å². The molecule has 6 heteroatoms. The normalized spacial score (nSPS) is 16.5. The van der Waals surface area contributed by atoms with Gasteiger partial charge in [0.2, 0.25) is 0 Å². The highest BCUT2D eigenvalue weighted by atomic mass is 16.5. The Hall–Kier alpha value is -2.37. The average molecular weight is 361 g/mol. The molecule has 0 spiro atoms. The zero-order valence-electron chi connectivity index (χ0n) is 16.1. The number of nitrogens with zero attached hydrogens (tertiary/aromatic N) is 1. The average Bonchev–Trinajstić information content (AvgIpc) is 2.56. The lowest BCUT2D eigenvalue weighted by molar-refractivity contribution is -0.147. The monoisotopic (exact) mass is 361 g/mol. The van der Waals surface area contributed by atoms with Crippen molar-refractivity contribution in [2.75, 3.05) is 11.4 Å². The van der Waals surface area contributed by atoms with Crippen LogP contribution in [0, 0.1) is 5.92 Å². The van der Waals surface area contributed by atoms with Crippen molar-refractivity contribution in [3.8, 4) is 5.75 Å². The van der Waals surface area contributed by atoms with E-state index in [2.05, 4.69) is 0 Å². The number of anilines is 1. The minimum absolute atomic E-state index is 0.00145. The van der Waals surface area contributed by atoms with Gasteiger partial charge in [-0.2, -0.15) is 0 Å². The number of esters is 1. The van der Waals surface area contributed by atoms with Crippen molar-refractivity contribution in [1.29, 1.82) is 0 Å². The van der Waals surface area contributed by atoms with E-state index in [-0.39, 0.29) is 30.3 Å². The fourth-order valence-corrected chi connectivity index (χ4v) is 2.85. The molecule has 0 saturated carbocycles. The topological polar surface area (TPSA) is 72.9 Å². The van der Waals surface area contributed by atoms with E-state index in [1.807, 2.05) is 20.8 Å². The number of carbonyl (C=O) groups is 3. The van der Waals surface area contributed by atoms with Crippen molar-refractivity contribution in [1.82, 2.24) is 0 Å². The Labute approximate surface area is 154 Å². The molecule has 0 aromatic heterocycles. The van der Waals surface area contributed by atoms with Crippen molar-refractivity contribution in [2.45, 2.75) is 59.7 Å². The summed E-state index contributed by atoms with van der Waals surface area (Å²) in [6.07, 6.45) is 0.228. The number of hydrogen-bond acceptors (Lipinski definition) is 5. The van der Waals surface area contributed by atoms with Crippen LogP contribution in [0.25, 0.3) is 0 Å². The third-order valence-corrected chi connectivity index (χ3v) is 4.07. The quantitative estimate of drug-likeness (QED) is 0.550. The maximum atomic E-state index is 12.9. The molecule has 1 aromatic rings. The van der Waals surface area contributed by atoms with Crippen molar-refractivity contribution in [2.24, 2.45) is 5.92 Å². The van der Waals surface area contributed by atoms with Crippen LogP contribution in [-0.4, -0.2) is 36.4 Å². The third kappa shape index (κ3) is 4.42. The Balaban J connectivity index is 2.40. The van der Waals surface area contributed by atoms with Gasteiger partial charge in [0.25, 0.3) is 5.91 Å². The summed E-state index contributed by atoms with van der Waals surface area (Å²) in [7, 11) is 0. The first-order valence-corrected chi connectivity index (χ1v) is 9.09. The van der Waals surface area contributed by atoms with Gasteiger partial charge in [0.05, 0.1) is 11.8 Å². The number of Topliss-reactive ketones (excluding diaryl/α,β-unsaturated/α-hetero) is 1. The molecule has 6 nitrogen and oxygen atoms in total. The van der Waals surface area contributed by atoms with Crippen LogP contribution in [0.2, 0.25) is 0 Å². The van der Waals surface area contributed by atoms with Gasteiger partial charge in [-0.1, -0.05) is 20.8 Å². The number of hydrogen-bond donors (Lipinski definition) is 0. The summed E-state index contributed by atoms with van der Waals surface area (Å²) in [5, 5.41) is 0. The second-order valence-corrected chi connectivity index (χ2v) is 7.10. The molecule has 0 N–H and O–H groups in total. The predicted molar refractivity (Wildman–Crippen MR) is 98.5 cm³/mol. The first-order valence-electron chi connectivity index (χ1n) is 9.09. The van der Waals surface area contributed by atoms with Gasteiger partial charge in [0, 0.05) is 12.0 Å². The Bertz CT molecular complexity index is 695. The van der Waals surface area contributed by atoms with Gasteiger partial charge in [-0.05, 0) is 44.4 Å². The Morgan fingerprint density at radius 3 is 2.50 bits per heavy atom. The van der Waals surface area contributed by atoms with Crippen LogP contribution >= 0.6 is 0 Å². The first kappa shape index (κ1) is 19.9. The smallest absolute Gasteiger partial charge is 0.326 e. The van der Waals surface area contributed by atoms with E-state index in [1.54, 1.807) is 32.0 Å². The van der Waals surface area contributed by atoms with Crippen LogP contribution < -0.4 is 9.64 Å². The summed E-state index contributed by atoms with van der Waals surface area (Å²) < 4.78 is 11.0. The van der Waals surface area contributed by atoms with Crippen LogP contribution in [0.1, 0.15) is 57.8 Å². The molecule has 26 heavy (non-hydrogen) atoms. The maximum absolute atomic E-state index is 12.9. The van der Waals surface area contributed by atoms with Gasteiger partial charge in [-0.25, -0.2) is 0 Å². The van der Waals surface area contributed by atoms with Gasteiger partial charge >= 0.3 is 5.97 Å². The highest BCUT2D eigenvalue weighted by Gasteiger charge is 2.38. The number of rotatable bonds is 7. The lowest BCUT2D eigenvalue weighted by Gasteiger charge is -2.35. The van der Waals surface area contributed by atoms with E-state index in [4.69, 9.17) is 9.47 Å². The molecular weight excluding hydrogens is 334 g/mol. The molecule has 142 valence electrons. The summed E-state index contributed by atoms with van der Waals surface area (Å²) in [5.41, 5.74) is 0.946. The number of fused-ring (bicyclic) bond motifs is 1. The number of benzene rings is 1. The zero-order chi connectivity index (χ0) is 19.4. The Morgan fingerprint density at radius 2 is 1.92 bits per heavy atom. The van der Waals surface area contributed by atoms with E-state index in [0.29, 0.717) is 23.4 Å².